The van der Waals surface area contributed by atoms with Crippen molar-refractivity contribution in [2.75, 3.05) is 13.3 Å². The predicted octanol–water partition coefficient (Wildman–Crippen LogP) is 2.72. The highest BCUT2D eigenvalue weighted by molar-refractivity contribution is 5.94. The molecule has 2 aromatic carbocycles. The Kier molecular flexibility index (Phi) is 3.70. The van der Waals surface area contributed by atoms with E-state index in [1.54, 1.807) is 6.20 Å². The lowest BCUT2D eigenvalue weighted by atomic mass is 9.98. The summed E-state index contributed by atoms with van der Waals surface area (Å²) in [5.74, 6) is 2.79. The van der Waals surface area contributed by atoms with E-state index in [-0.39, 0.29) is 12.7 Å². The van der Waals surface area contributed by atoms with E-state index in [9.17, 15) is 4.79 Å². The summed E-state index contributed by atoms with van der Waals surface area (Å²) in [5, 5.41) is 8.30. The monoisotopic (exact) mass is 399 g/mol. The molecule has 0 saturated heterocycles. The molecule has 2 aliphatic rings. The molecular formula is C22H17N5O3. The number of benzene rings is 2. The fraction of sp³-hybridized carbons (Fsp3) is 0.182. The van der Waals surface area contributed by atoms with Crippen molar-refractivity contribution in [1.29, 1.82) is 0 Å². The molecule has 0 fully saturated rings. The standard InChI is InChI=1S/C22H17N5O3/c28-21(26-9-6-16-10-18-19(30-13-29-18)11-17(16)12-26)15-4-2-14(3-5-15)20-24-25-22-23-7-1-8-27(20)22/h1-5,7-8,10-11H,6,9,12-13H2. The van der Waals surface area contributed by atoms with E-state index < -0.39 is 0 Å². The van der Waals surface area contributed by atoms with Gasteiger partial charge in [-0.2, -0.15) is 0 Å². The minimum atomic E-state index is 0.0117. The molecule has 4 aromatic rings. The summed E-state index contributed by atoms with van der Waals surface area (Å²) in [6, 6.07) is 13.3. The maximum atomic E-state index is 13.1. The summed E-state index contributed by atoms with van der Waals surface area (Å²) in [5.41, 5.74) is 3.85. The molecule has 0 radical (unpaired) electrons. The summed E-state index contributed by atoms with van der Waals surface area (Å²) < 4.78 is 12.8. The molecule has 8 heteroatoms. The number of hydrogen-bond donors (Lipinski definition) is 0. The maximum Gasteiger partial charge on any atom is 0.255 e. The highest BCUT2D eigenvalue weighted by atomic mass is 16.7. The first kappa shape index (κ1) is 17.0. The van der Waals surface area contributed by atoms with Gasteiger partial charge in [0.1, 0.15) is 0 Å². The highest BCUT2D eigenvalue weighted by Gasteiger charge is 2.25. The van der Waals surface area contributed by atoms with E-state index in [1.807, 2.05) is 58.0 Å². The van der Waals surface area contributed by atoms with Crippen molar-refractivity contribution in [3.8, 4) is 22.9 Å². The highest BCUT2D eigenvalue weighted by Crippen LogP contribution is 2.37. The fourth-order valence-electron chi connectivity index (χ4n) is 4.00. The zero-order chi connectivity index (χ0) is 20.1. The fourth-order valence-corrected chi connectivity index (χ4v) is 4.00. The molecular weight excluding hydrogens is 382 g/mol. The van der Waals surface area contributed by atoms with Gasteiger partial charge >= 0.3 is 0 Å². The third-order valence-electron chi connectivity index (χ3n) is 5.57. The predicted molar refractivity (Wildman–Crippen MR) is 107 cm³/mol. The average molecular weight is 399 g/mol. The van der Waals surface area contributed by atoms with Gasteiger partial charge in [-0.05, 0) is 47.9 Å². The van der Waals surface area contributed by atoms with Gasteiger partial charge in [-0.15, -0.1) is 10.2 Å². The van der Waals surface area contributed by atoms with Crippen LogP contribution < -0.4 is 9.47 Å². The molecule has 6 rings (SSSR count). The molecule has 4 heterocycles. The number of amides is 1. The van der Waals surface area contributed by atoms with Crippen LogP contribution in [-0.4, -0.2) is 43.7 Å². The second-order valence-electron chi connectivity index (χ2n) is 7.34. The third kappa shape index (κ3) is 2.68. The van der Waals surface area contributed by atoms with Crippen LogP contribution >= 0.6 is 0 Å². The first-order valence-electron chi connectivity index (χ1n) is 9.73. The molecule has 0 spiro atoms. The number of fused-ring (bicyclic) bond motifs is 3. The molecule has 0 saturated carbocycles. The Morgan fingerprint density at radius 3 is 2.63 bits per heavy atom. The molecule has 2 aromatic heterocycles. The van der Waals surface area contributed by atoms with E-state index in [0.29, 0.717) is 30.3 Å². The van der Waals surface area contributed by atoms with Crippen molar-refractivity contribution >= 4 is 11.7 Å². The molecule has 0 bridgehead atoms. The normalized spacial score (nSPS) is 14.7. The van der Waals surface area contributed by atoms with Crippen LogP contribution in [0.4, 0.5) is 0 Å². The van der Waals surface area contributed by atoms with Crippen LogP contribution in [0.15, 0.2) is 54.9 Å². The van der Waals surface area contributed by atoms with Crippen LogP contribution in [-0.2, 0) is 13.0 Å². The van der Waals surface area contributed by atoms with E-state index >= 15 is 0 Å². The van der Waals surface area contributed by atoms with Gasteiger partial charge in [0.2, 0.25) is 6.79 Å². The van der Waals surface area contributed by atoms with Crippen LogP contribution in [0.2, 0.25) is 0 Å². The Hall–Kier alpha value is -3.94. The Morgan fingerprint density at radius 1 is 1.00 bits per heavy atom. The Morgan fingerprint density at radius 2 is 1.80 bits per heavy atom. The lowest BCUT2D eigenvalue weighted by Crippen LogP contribution is -2.35. The summed E-state index contributed by atoms with van der Waals surface area (Å²) in [6.45, 7) is 1.49. The number of ether oxygens (including phenoxy) is 2. The quantitative estimate of drug-likeness (QED) is 0.516. The average Bonchev–Trinajstić information content (AvgIpc) is 3.43. The van der Waals surface area contributed by atoms with Gasteiger partial charge in [0, 0.05) is 36.6 Å². The number of carbonyl (C=O) groups is 1. The molecule has 0 atom stereocenters. The van der Waals surface area contributed by atoms with Crippen LogP contribution in [0.1, 0.15) is 21.5 Å². The lowest BCUT2D eigenvalue weighted by molar-refractivity contribution is 0.0734. The summed E-state index contributed by atoms with van der Waals surface area (Å²) in [6.07, 6.45) is 4.35. The zero-order valence-electron chi connectivity index (χ0n) is 16.0. The molecule has 0 N–H and O–H groups in total. The first-order valence-corrected chi connectivity index (χ1v) is 9.73. The van der Waals surface area contributed by atoms with Crippen molar-refractivity contribution in [1.82, 2.24) is 24.5 Å². The summed E-state index contributed by atoms with van der Waals surface area (Å²) in [4.78, 5) is 19.1. The smallest absolute Gasteiger partial charge is 0.255 e. The Labute approximate surface area is 171 Å². The van der Waals surface area contributed by atoms with Gasteiger partial charge in [0.25, 0.3) is 11.7 Å². The van der Waals surface area contributed by atoms with Crippen molar-refractivity contribution < 1.29 is 14.3 Å². The number of nitrogens with zero attached hydrogens (tertiary/aromatic N) is 5. The second-order valence-corrected chi connectivity index (χ2v) is 7.34. The van der Waals surface area contributed by atoms with Crippen LogP contribution in [0.5, 0.6) is 11.5 Å². The van der Waals surface area contributed by atoms with Crippen molar-refractivity contribution in [2.45, 2.75) is 13.0 Å². The SMILES string of the molecule is O=C(c1ccc(-c2nnc3ncccn23)cc1)N1CCc2cc3c(cc2C1)OCO3. The summed E-state index contributed by atoms with van der Waals surface area (Å²) >= 11 is 0. The number of rotatable bonds is 2. The van der Waals surface area contributed by atoms with E-state index in [0.717, 1.165) is 29.0 Å². The lowest BCUT2D eigenvalue weighted by Gasteiger charge is -2.29. The Bertz CT molecular complexity index is 1280. The largest absolute Gasteiger partial charge is 0.454 e. The van der Waals surface area contributed by atoms with Crippen LogP contribution in [0.25, 0.3) is 17.2 Å². The Balaban J connectivity index is 1.24. The number of carbonyl (C=O) groups excluding carboxylic acids is 1. The van der Waals surface area contributed by atoms with Gasteiger partial charge in [-0.3, -0.25) is 9.20 Å². The molecule has 148 valence electrons. The third-order valence-corrected chi connectivity index (χ3v) is 5.57. The maximum absolute atomic E-state index is 13.1. The topological polar surface area (TPSA) is 81.9 Å². The first-order chi connectivity index (χ1) is 14.8. The van der Waals surface area contributed by atoms with Crippen molar-refractivity contribution in [3.05, 3.63) is 71.5 Å². The number of hydrogen-bond acceptors (Lipinski definition) is 6. The van der Waals surface area contributed by atoms with Gasteiger partial charge in [0.05, 0.1) is 0 Å². The van der Waals surface area contributed by atoms with E-state index in [4.69, 9.17) is 9.47 Å². The van der Waals surface area contributed by atoms with Crippen molar-refractivity contribution in [2.24, 2.45) is 0 Å². The molecule has 0 aliphatic carbocycles. The van der Waals surface area contributed by atoms with Gasteiger partial charge in [0.15, 0.2) is 17.3 Å². The van der Waals surface area contributed by atoms with Gasteiger partial charge < -0.3 is 14.4 Å². The molecule has 2 aliphatic heterocycles. The molecule has 8 nitrogen and oxygen atoms in total. The second kappa shape index (κ2) is 6.55. The zero-order valence-corrected chi connectivity index (χ0v) is 16.0. The van der Waals surface area contributed by atoms with E-state index in [1.165, 1.54) is 5.56 Å². The molecule has 0 unspecified atom stereocenters. The number of aromatic nitrogens is 4. The van der Waals surface area contributed by atoms with Crippen LogP contribution in [0, 0.1) is 0 Å². The molecule has 1 amide bonds. The van der Waals surface area contributed by atoms with Crippen LogP contribution in [0.3, 0.4) is 0 Å². The van der Waals surface area contributed by atoms with E-state index in [2.05, 4.69) is 15.2 Å². The minimum Gasteiger partial charge on any atom is -0.454 e. The minimum absolute atomic E-state index is 0.0117. The van der Waals surface area contributed by atoms with Gasteiger partial charge in [-0.1, -0.05) is 12.1 Å². The molecule has 30 heavy (non-hydrogen) atoms. The van der Waals surface area contributed by atoms with Crippen molar-refractivity contribution in [3.63, 3.8) is 0 Å². The van der Waals surface area contributed by atoms with Gasteiger partial charge in [-0.25, -0.2) is 4.98 Å². The summed E-state index contributed by atoms with van der Waals surface area (Å²) in [7, 11) is 0.